The molecule has 4 aromatic rings. The van der Waals surface area contributed by atoms with E-state index in [1.165, 1.54) is 22.8 Å². The summed E-state index contributed by atoms with van der Waals surface area (Å²) >= 11 is 13.2. The minimum Gasteiger partial charge on any atom is -0.487 e. The molecular weight excluding hydrogens is 667 g/mol. The Labute approximate surface area is 295 Å². The van der Waals surface area contributed by atoms with Gasteiger partial charge in [-0.05, 0) is 75.7 Å². The van der Waals surface area contributed by atoms with Gasteiger partial charge in [-0.2, -0.15) is 0 Å². The molecule has 3 aromatic carbocycles. The fourth-order valence-electron chi connectivity index (χ4n) is 4.76. The second-order valence-electron chi connectivity index (χ2n) is 12.2. The van der Waals surface area contributed by atoms with E-state index in [1.54, 1.807) is 70.3 Å². The number of likely N-dealkylation sites (N-methyl/N-ethyl adjacent to an activating group) is 1. The predicted octanol–water partition coefficient (Wildman–Crippen LogP) is 6.92. The molecule has 1 heterocycles. The number of benzene rings is 3. The molecule has 1 aromatic heterocycles. The normalized spacial score (nSPS) is 11.3. The Kier molecular flexibility index (Phi) is 12.0. The van der Waals surface area contributed by atoms with E-state index in [0.717, 1.165) is 16.6 Å². The molecule has 0 spiro atoms. The van der Waals surface area contributed by atoms with Crippen LogP contribution in [0, 0.1) is 6.92 Å². The van der Waals surface area contributed by atoms with E-state index < -0.39 is 23.4 Å². The summed E-state index contributed by atoms with van der Waals surface area (Å²) in [5, 5.41) is 4.14. The van der Waals surface area contributed by atoms with E-state index >= 15 is 0 Å². The lowest BCUT2D eigenvalue weighted by molar-refractivity contribution is -0.153. The van der Waals surface area contributed by atoms with E-state index in [4.69, 9.17) is 32.7 Å². The van der Waals surface area contributed by atoms with Crippen LogP contribution >= 0.6 is 23.2 Å². The number of nitrogens with zero attached hydrogens (tertiary/aromatic N) is 3. The van der Waals surface area contributed by atoms with Gasteiger partial charge in [-0.3, -0.25) is 19.2 Å². The third-order valence-electron chi connectivity index (χ3n) is 7.23. The van der Waals surface area contributed by atoms with Gasteiger partial charge in [0, 0.05) is 47.4 Å². The van der Waals surface area contributed by atoms with Crippen molar-refractivity contribution in [3.05, 3.63) is 99.7 Å². The van der Waals surface area contributed by atoms with Crippen molar-refractivity contribution in [3.63, 3.8) is 0 Å². The number of carbonyl (C=O) groups is 4. The molecule has 0 aliphatic heterocycles. The molecule has 0 unspecified atom stereocenters. The maximum atomic E-state index is 13.0. The SMILES string of the molecule is CC(=O)N(CC(=O)OC(C)(C)C)c1ccc(/C=C/C(=O)NCC(=O)N(C)c2ccc(Cl)c(COc3cccc4ccc(C)nc34)c2Cl)cc1. The number of halogens is 2. The zero-order valence-corrected chi connectivity index (χ0v) is 29.7. The van der Waals surface area contributed by atoms with Gasteiger partial charge in [0.1, 0.15) is 30.0 Å². The van der Waals surface area contributed by atoms with Crippen LogP contribution in [0.4, 0.5) is 11.4 Å². The van der Waals surface area contributed by atoms with Crippen molar-refractivity contribution in [1.29, 1.82) is 0 Å². The molecule has 0 fully saturated rings. The van der Waals surface area contributed by atoms with Crippen LogP contribution < -0.4 is 19.9 Å². The number of pyridine rings is 1. The van der Waals surface area contributed by atoms with Gasteiger partial charge in [-0.25, -0.2) is 4.98 Å². The number of aromatic nitrogens is 1. The zero-order chi connectivity index (χ0) is 35.9. The lowest BCUT2D eigenvalue weighted by Gasteiger charge is -2.24. The second-order valence-corrected chi connectivity index (χ2v) is 13.0. The van der Waals surface area contributed by atoms with Crippen LogP contribution in [0.3, 0.4) is 0 Å². The van der Waals surface area contributed by atoms with Crippen molar-refractivity contribution < 1.29 is 28.7 Å². The summed E-state index contributed by atoms with van der Waals surface area (Å²) in [5.74, 6) is -1.17. The summed E-state index contributed by atoms with van der Waals surface area (Å²) in [4.78, 5) is 57.3. The van der Waals surface area contributed by atoms with E-state index in [0.29, 0.717) is 33.3 Å². The number of carbonyl (C=O) groups excluding carboxylic acids is 4. The van der Waals surface area contributed by atoms with Gasteiger partial charge in [0.05, 0.1) is 17.3 Å². The van der Waals surface area contributed by atoms with Crippen LogP contribution in [0.2, 0.25) is 10.0 Å². The number of hydrogen-bond acceptors (Lipinski definition) is 7. The molecule has 0 saturated heterocycles. The highest BCUT2D eigenvalue weighted by Crippen LogP contribution is 2.35. The minimum atomic E-state index is -0.673. The standard InChI is InChI=1S/C37H38Cl2N4O6/c1-23-10-14-26-8-7-9-31(36(26)41-23)48-22-28-29(38)17-18-30(35(28)39)42(6)33(46)20-40-32(45)19-13-25-11-15-27(16-12-25)43(24(2)44)21-34(47)49-37(3,4)5/h7-19H,20-22H2,1-6H3,(H,40,45)/b19-13+. The van der Waals surface area contributed by atoms with Crippen molar-refractivity contribution in [1.82, 2.24) is 10.3 Å². The Morgan fingerprint density at radius 2 is 1.67 bits per heavy atom. The van der Waals surface area contributed by atoms with E-state index in [2.05, 4.69) is 10.3 Å². The maximum Gasteiger partial charge on any atom is 0.326 e. The van der Waals surface area contributed by atoms with E-state index in [-0.39, 0.29) is 30.6 Å². The monoisotopic (exact) mass is 704 g/mol. The third kappa shape index (κ3) is 10.0. The lowest BCUT2D eigenvalue weighted by atomic mass is 10.1. The second kappa shape index (κ2) is 16.0. The van der Waals surface area contributed by atoms with Crippen molar-refractivity contribution >= 4 is 75.2 Å². The molecule has 12 heteroatoms. The number of aryl methyl sites for hydroxylation is 1. The number of esters is 1. The van der Waals surface area contributed by atoms with Gasteiger partial charge in [0.15, 0.2) is 0 Å². The highest BCUT2D eigenvalue weighted by molar-refractivity contribution is 6.38. The fourth-order valence-corrected chi connectivity index (χ4v) is 5.37. The number of nitrogens with one attached hydrogen (secondary N) is 1. The van der Waals surface area contributed by atoms with Crippen LogP contribution in [0.5, 0.6) is 5.75 Å². The molecule has 1 N–H and O–H groups in total. The molecular formula is C37H38Cl2N4O6. The smallest absolute Gasteiger partial charge is 0.326 e. The van der Waals surface area contributed by atoms with Crippen LogP contribution in [0.15, 0.2) is 72.8 Å². The van der Waals surface area contributed by atoms with Crippen LogP contribution in [-0.4, -0.2) is 54.4 Å². The quantitative estimate of drug-likeness (QED) is 0.133. The molecule has 0 atom stereocenters. The van der Waals surface area contributed by atoms with Gasteiger partial charge in [0.25, 0.3) is 0 Å². The number of anilines is 2. The molecule has 0 saturated carbocycles. The first kappa shape index (κ1) is 36.9. The Morgan fingerprint density at radius 1 is 0.959 bits per heavy atom. The average Bonchev–Trinajstić information content (AvgIpc) is 3.04. The molecule has 4 rings (SSSR count). The van der Waals surface area contributed by atoms with Gasteiger partial charge in [0.2, 0.25) is 17.7 Å². The van der Waals surface area contributed by atoms with Gasteiger partial charge >= 0.3 is 5.97 Å². The lowest BCUT2D eigenvalue weighted by Crippen LogP contribution is -2.37. The zero-order valence-electron chi connectivity index (χ0n) is 28.2. The van der Waals surface area contributed by atoms with Gasteiger partial charge < -0.3 is 24.6 Å². The fraction of sp³-hybridized carbons (Fsp3) is 0.270. The van der Waals surface area contributed by atoms with Crippen molar-refractivity contribution in [2.75, 3.05) is 29.9 Å². The Bertz CT molecular complexity index is 1900. The number of ether oxygens (including phenoxy) is 2. The Morgan fingerprint density at radius 3 is 2.35 bits per heavy atom. The summed E-state index contributed by atoms with van der Waals surface area (Å²) in [6.45, 7) is 8.05. The molecule has 49 heavy (non-hydrogen) atoms. The van der Waals surface area contributed by atoms with Crippen molar-refractivity contribution in [2.24, 2.45) is 0 Å². The Balaban J connectivity index is 1.35. The number of rotatable bonds is 11. The predicted molar refractivity (Wildman–Crippen MR) is 193 cm³/mol. The molecule has 0 bridgehead atoms. The van der Waals surface area contributed by atoms with Gasteiger partial charge in [-0.1, -0.05) is 53.5 Å². The first-order valence-corrected chi connectivity index (χ1v) is 16.2. The molecule has 0 aliphatic carbocycles. The molecule has 10 nitrogen and oxygen atoms in total. The summed E-state index contributed by atoms with van der Waals surface area (Å²) < 4.78 is 11.4. The summed E-state index contributed by atoms with van der Waals surface area (Å²) in [6, 6.07) is 19.5. The molecule has 256 valence electrons. The average molecular weight is 706 g/mol. The minimum absolute atomic E-state index is 0.0430. The largest absolute Gasteiger partial charge is 0.487 e. The summed E-state index contributed by atoms with van der Waals surface area (Å²) in [7, 11) is 1.55. The van der Waals surface area contributed by atoms with E-state index in [9.17, 15) is 19.2 Å². The van der Waals surface area contributed by atoms with E-state index in [1.807, 2.05) is 37.3 Å². The third-order valence-corrected chi connectivity index (χ3v) is 8.00. The van der Waals surface area contributed by atoms with Crippen molar-refractivity contribution in [3.8, 4) is 5.75 Å². The van der Waals surface area contributed by atoms with Crippen LogP contribution in [-0.2, 0) is 30.5 Å². The molecule has 3 amide bonds. The number of hydrogen-bond donors (Lipinski definition) is 1. The van der Waals surface area contributed by atoms with Gasteiger partial charge in [-0.15, -0.1) is 0 Å². The number of amides is 3. The highest BCUT2D eigenvalue weighted by Gasteiger charge is 2.22. The first-order valence-electron chi connectivity index (χ1n) is 15.4. The number of para-hydroxylation sites is 1. The van der Waals surface area contributed by atoms with Crippen LogP contribution in [0.25, 0.3) is 17.0 Å². The Hall–Kier alpha value is -4.93. The van der Waals surface area contributed by atoms with Crippen LogP contribution in [0.1, 0.15) is 44.5 Å². The molecule has 0 radical (unpaired) electrons. The highest BCUT2D eigenvalue weighted by atomic mass is 35.5. The first-order chi connectivity index (χ1) is 23.1. The summed E-state index contributed by atoms with van der Waals surface area (Å²) in [5.41, 5.74) is 2.97. The topological polar surface area (TPSA) is 118 Å². The summed E-state index contributed by atoms with van der Waals surface area (Å²) in [6.07, 6.45) is 2.86. The maximum absolute atomic E-state index is 13.0. The van der Waals surface area contributed by atoms with Crippen molar-refractivity contribution in [2.45, 2.75) is 46.8 Å². The number of fused-ring (bicyclic) bond motifs is 1. The molecule has 0 aliphatic rings.